The van der Waals surface area contributed by atoms with Gasteiger partial charge in [0.1, 0.15) is 5.75 Å². The Morgan fingerprint density at radius 3 is 2.39 bits per heavy atom. The zero-order valence-corrected chi connectivity index (χ0v) is 16.7. The average Bonchev–Trinajstić information content (AvgIpc) is 3.19. The Hall–Kier alpha value is -2.75. The van der Waals surface area contributed by atoms with Gasteiger partial charge in [-0.15, -0.1) is 0 Å². The second-order valence-electron chi connectivity index (χ2n) is 9.09. The van der Waals surface area contributed by atoms with E-state index in [0.717, 1.165) is 23.6 Å². The highest BCUT2D eigenvalue weighted by Gasteiger charge is 2.67. The van der Waals surface area contributed by atoms with E-state index in [1.165, 1.54) is 6.07 Å². The van der Waals surface area contributed by atoms with E-state index in [2.05, 4.69) is 27.7 Å². The Kier molecular flexibility index (Phi) is 4.07. The molecule has 1 atom stereocenters. The molecule has 0 aromatic heterocycles. The van der Waals surface area contributed by atoms with Gasteiger partial charge in [-0.05, 0) is 47.8 Å². The van der Waals surface area contributed by atoms with Gasteiger partial charge in [-0.3, -0.25) is 4.79 Å². The minimum absolute atomic E-state index is 0.0881. The van der Waals surface area contributed by atoms with E-state index in [4.69, 9.17) is 4.74 Å². The molecule has 0 saturated heterocycles. The molecule has 2 N–H and O–H groups in total. The molecule has 0 aliphatic heterocycles. The molecule has 4 rings (SSSR count). The van der Waals surface area contributed by atoms with Crippen molar-refractivity contribution in [1.29, 1.82) is 0 Å². The summed E-state index contributed by atoms with van der Waals surface area (Å²) < 4.78 is 6.07. The van der Waals surface area contributed by atoms with Gasteiger partial charge >= 0.3 is 5.97 Å². The van der Waals surface area contributed by atoms with E-state index in [-0.39, 0.29) is 22.9 Å². The van der Waals surface area contributed by atoms with Crippen molar-refractivity contribution in [1.82, 2.24) is 0 Å². The van der Waals surface area contributed by atoms with Crippen LogP contribution >= 0.6 is 0 Å². The number of hydrogen-bond acceptors (Lipinski definition) is 4. The number of aromatic hydroxyl groups is 2. The number of carbonyl (C=O) groups excluding carboxylic acids is 1. The van der Waals surface area contributed by atoms with E-state index in [0.29, 0.717) is 22.4 Å². The van der Waals surface area contributed by atoms with Crippen LogP contribution < -0.4 is 4.74 Å². The molecule has 4 heteroatoms. The molecular formula is C24H26O4. The van der Waals surface area contributed by atoms with Gasteiger partial charge in [0.05, 0.1) is 5.41 Å². The van der Waals surface area contributed by atoms with Crippen molar-refractivity contribution in [2.45, 2.75) is 40.5 Å². The first-order chi connectivity index (χ1) is 13.2. The predicted molar refractivity (Wildman–Crippen MR) is 111 cm³/mol. The smallest absolute Gasteiger partial charge is 0.318 e. The number of hydrogen-bond donors (Lipinski definition) is 2. The molecular weight excluding hydrogens is 352 g/mol. The lowest BCUT2D eigenvalue weighted by molar-refractivity contribution is -0.142. The Morgan fingerprint density at radius 2 is 1.75 bits per heavy atom. The summed E-state index contributed by atoms with van der Waals surface area (Å²) in [6.45, 7) is 8.47. The van der Waals surface area contributed by atoms with Crippen molar-refractivity contribution in [3.8, 4) is 17.2 Å². The predicted octanol–water partition coefficient (Wildman–Crippen LogP) is 5.77. The van der Waals surface area contributed by atoms with Crippen LogP contribution in [0.1, 0.15) is 40.5 Å². The lowest BCUT2D eigenvalue weighted by Crippen LogP contribution is -2.28. The lowest BCUT2D eigenvalue weighted by Gasteiger charge is -2.22. The summed E-state index contributed by atoms with van der Waals surface area (Å²) in [5.41, 5.74) is -0.571. The quantitative estimate of drug-likeness (QED) is 0.262. The fraction of sp³-hybridized carbons (Fsp3) is 0.375. The summed E-state index contributed by atoms with van der Waals surface area (Å²) in [5.74, 6) is 0.221. The molecule has 1 aliphatic rings. The maximum Gasteiger partial charge on any atom is 0.318 e. The maximum atomic E-state index is 13.4. The van der Waals surface area contributed by atoms with Crippen molar-refractivity contribution < 1.29 is 19.7 Å². The lowest BCUT2D eigenvalue weighted by atomic mass is 9.87. The Balaban J connectivity index is 1.88. The number of benzene rings is 3. The van der Waals surface area contributed by atoms with Crippen molar-refractivity contribution in [3.05, 3.63) is 42.5 Å². The largest absolute Gasteiger partial charge is 0.504 e. The highest BCUT2D eigenvalue weighted by Crippen LogP contribution is 2.67. The average molecular weight is 378 g/mol. The molecule has 3 aromatic carbocycles. The van der Waals surface area contributed by atoms with Gasteiger partial charge in [-0.2, -0.15) is 0 Å². The summed E-state index contributed by atoms with van der Waals surface area (Å²) in [5, 5.41) is 23.0. The maximum absolute atomic E-state index is 13.4. The number of phenolic OH excluding ortho intramolecular Hbond substituents is 2. The highest BCUT2D eigenvalue weighted by molar-refractivity contribution is 6.09. The summed E-state index contributed by atoms with van der Waals surface area (Å²) in [4.78, 5) is 13.4. The van der Waals surface area contributed by atoms with Crippen molar-refractivity contribution in [2.24, 2.45) is 16.7 Å². The van der Waals surface area contributed by atoms with Crippen LogP contribution in [0, 0.1) is 16.7 Å². The number of rotatable bonds is 4. The van der Waals surface area contributed by atoms with Gasteiger partial charge in [-0.25, -0.2) is 0 Å². The molecule has 0 spiro atoms. The minimum Gasteiger partial charge on any atom is -0.504 e. The Labute approximate surface area is 164 Å². The molecule has 1 saturated carbocycles. The molecule has 0 amide bonds. The second kappa shape index (κ2) is 6.13. The van der Waals surface area contributed by atoms with E-state index >= 15 is 0 Å². The van der Waals surface area contributed by atoms with Crippen molar-refractivity contribution in [3.63, 3.8) is 0 Å². The molecule has 0 bridgehead atoms. The third-order valence-electron chi connectivity index (χ3n) is 6.20. The van der Waals surface area contributed by atoms with E-state index < -0.39 is 5.41 Å². The summed E-state index contributed by atoms with van der Waals surface area (Å²) in [6.07, 6.45) is 1.60. The van der Waals surface area contributed by atoms with E-state index in [9.17, 15) is 15.0 Å². The molecule has 3 aromatic rings. The molecule has 1 unspecified atom stereocenters. The van der Waals surface area contributed by atoms with Gasteiger partial charge in [0.15, 0.2) is 11.5 Å². The number of phenols is 2. The Morgan fingerprint density at radius 1 is 1.07 bits per heavy atom. The normalized spacial score (nSPS) is 20.6. The van der Waals surface area contributed by atoms with Crippen LogP contribution in [0.3, 0.4) is 0 Å². The van der Waals surface area contributed by atoms with Gasteiger partial charge in [0.25, 0.3) is 0 Å². The third kappa shape index (κ3) is 2.70. The minimum atomic E-state index is -0.483. The van der Waals surface area contributed by atoms with Crippen LogP contribution in [0.4, 0.5) is 0 Å². The SMILES string of the molecule is CC(C)CC1(C(=O)Oc2c3ccccc3cc3c(O)c(O)ccc23)CC1(C)C. The van der Waals surface area contributed by atoms with Crippen molar-refractivity contribution in [2.75, 3.05) is 0 Å². The Bertz CT molecular complexity index is 1100. The van der Waals surface area contributed by atoms with Crippen LogP contribution in [-0.4, -0.2) is 16.2 Å². The number of fused-ring (bicyclic) bond motifs is 2. The first-order valence-corrected chi connectivity index (χ1v) is 9.75. The van der Waals surface area contributed by atoms with Crippen LogP contribution in [-0.2, 0) is 4.79 Å². The standard InChI is InChI=1S/C24H26O4/c1-14(2)12-24(13-23(24,3)4)22(27)28-21-16-8-6-5-7-15(16)11-18-17(21)9-10-19(25)20(18)26/h5-11,14,25-26H,12-13H2,1-4H3. The summed E-state index contributed by atoms with van der Waals surface area (Å²) in [7, 11) is 0. The molecule has 146 valence electrons. The van der Waals surface area contributed by atoms with E-state index in [1.807, 2.05) is 30.3 Å². The van der Waals surface area contributed by atoms with Gasteiger partial charge < -0.3 is 14.9 Å². The van der Waals surface area contributed by atoms with Gasteiger partial charge in [0, 0.05) is 16.2 Å². The first-order valence-electron chi connectivity index (χ1n) is 9.75. The van der Waals surface area contributed by atoms with Crippen LogP contribution in [0.2, 0.25) is 0 Å². The molecule has 1 fully saturated rings. The second-order valence-corrected chi connectivity index (χ2v) is 9.09. The van der Waals surface area contributed by atoms with Crippen molar-refractivity contribution >= 4 is 27.5 Å². The summed E-state index contributed by atoms with van der Waals surface area (Å²) in [6, 6.07) is 12.5. The van der Waals surface area contributed by atoms with Crippen LogP contribution in [0.25, 0.3) is 21.5 Å². The van der Waals surface area contributed by atoms with Crippen LogP contribution in [0.15, 0.2) is 42.5 Å². The zero-order chi connectivity index (χ0) is 20.3. The van der Waals surface area contributed by atoms with Gasteiger partial charge in [0.2, 0.25) is 0 Å². The fourth-order valence-electron chi connectivity index (χ4n) is 4.56. The topological polar surface area (TPSA) is 66.8 Å². The van der Waals surface area contributed by atoms with E-state index in [1.54, 1.807) is 6.07 Å². The third-order valence-corrected chi connectivity index (χ3v) is 6.20. The number of esters is 1. The molecule has 0 radical (unpaired) electrons. The molecule has 1 aliphatic carbocycles. The molecule has 4 nitrogen and oxygen atoms in total. The number of ether oxygens (including phenoxy) is 1. The van der Waals surface area contributed by atoms with Gasteiger partial charge in [-0.1, -0.05) is 52.0 Å². The summed E-state index contributed by atoms with van der Waals surface area (Å²) >= 11 is 0. The monoisotopic (exact) mass is 378 g/mol. The fourth-order valence-corrected chi connectivity index (χ4v) is 4.56. The molecule has 0 heterocycles. The number of carbonyl (C=O) groups is 1. The highest BCUT2D eigenvalue weighted by atomic mass is 16.5. The van der Waals surface area contributed by atoms with Crippen LogP contribution in [0.5, 0.6) is 17.2 Å². The first kappa shape index (κ1) is 18.6. The zero-order valence-electron chi connectivity index (χ0n) is 16.7. The molecule has 28 heavy (non-hydrogen) atoms.